The molecule has 0 spiro atoms. The van der Waals surface area contributed by atoms with Gasteiger partial charge in [0.25, 0.3) is 0 Å². The fraction of sp³-hybridized carbons (Fsp3) is 0.688. The second-order valence-corrected chi connectivity index (χ2v) is 6.43. The Bertz CT molecular complexity index is 600. The van der Waals surface area contributed by atoms with Crippen LogP contribution in [0.25, 0.3) is 0 Å². The van der Waals surface area contributed by atoms with Crippen LogP contribution in [-0.4, -0.2) is 77.1 Å². The van der Waals surface area contributed by atoms with Crippen molar-refractivity contribution in [2.45, 2.75) is 56.8 Å². The van der Waals surface area contributed by atoms with E-state index in [0.29, 0.717) is 25.8 Å². The number of carboxylic acid groups (broad SMARTS) is 1. The van der Waals surface area contributed by atoms with Crippen molar-refractivity contribution in [2.24, 2.45) is 17.2 Å². The van der Waals surface area contributed by atoms with E-state index in [2.05, 4.69) is 10.6 Å². The van der Waals surface area contributed by atoms with Crippen LogP contribution in [0.5, 0.6) is 0 Å². The summed E-state index contributed by atoms with van der Waals surface area (Å²) in [4.78, 5) is 58.5. The molecule has 4 atom stereocenters. The Hall–Kier alpha value is -2.77. The van der Waals surface area contributed by atoms with Crippen molar-refractivity contribution in [3.63, 3.8) is 0 Å². The average molecular weight is 418 g/mol. The van der Waals surface area contributed by atoms with Gasteiger partial charge in [-0.25, -0.2) is 4.79 Å². The van der Waals surface area contributed by atoms with Crippen LogP contribution in [0.2, 0.25) is 0 Å². The van der Waals surface area contributed by atoms with Gasteiger partial charge in [-0.1, -0.05) is 6.42 Å². The molecule has 0 aromatic rings. The number of carbonyl (C=O) groups is 5. The Kier molecular flexibility index (Phi) is 12.1. The highest BCUT2D eigenvalue weighted by molar-refractivity contribution is 5.95. The predicted octanol–water partition coefficient (Wildman–Crippen LogP) is -4.13. The van der Waals surface area contributed by atoms with Crippen LogP contribution in [0, 0.1) is 0 Å². The van der Waals surface area contributed by atoms with E-state index in [1.165, 1.54) is 6.92 Å². The number of aliphatic hydroxyl groups excluding tert-OH is 1. The number of hydrogen-bond donors (Lipinski definition) is 8. The van der Waals surface area contributed by atoms with Crippen molar-refractivity contribution < 1.29 is 34.2 Å². The number of unbranched alkanes of at least 4 members (excludes halogenated alkanes) is 1. The van der Waals surface area contributed by atoms with Crippen LogP contribution in [-0.2, 0) is 24.0 Å². The Morgan fingerprint density at radius 1 is 0.931 bits per heavy atom. The first-order valence-corrected chi connectivity index (χ1v) is 9.02. The van der Waals surface area contributed by atoms with Gasteiger partial charge in [0.05, 0.1) is 19.1 Å². The summed E-state index contributed by atoms with van der Waals surface area (Å²) >= 11 is 0. The molecule has 29 heavy (non-hydrogen) atoms. The molecule has 11 N–H and O–H groups in total. The van der Waals surface area contributed by atoms with Gasteiger partial charge in [-0.15, -0.1) is 0 Å². The summed E-state index contributed by atoms with van der Waals surface area (Å²) in [6.45, 7) is 0.857. The number of primary amides is 1. The molecule has 13 heteroatoms. The van der Waals surface area contributed by atoms with E-state index >= 15 is 0 Å². The number of aliphatic hydroxyl groups is 1. The second kappa shape index (κ2) is 13.4. The summed E-state index contributed by atoms with van der Waals surface area (Å²) in [6, 6.07) is -5.06. The van der Waals surface area contributed by atoms with E-state index in [9.17, 15) is 24.0 Å². The maximum absolute atomic E-state index is 12.4. The van der Waals surface area contributed by atoms with Crippen molar-refractivity contribution >= 4 is 29.6 Å². The fourth-order valence-corrected chi connectivity index (χ4v) is 2.19. The van der Waals surface area contributed by atoms with Crippen LogP contribution in [0.1, 0.15) is 32.6 Å². The van der Waals surface area contributed by atoms with E-state index in [1.807, 2.05) is 5.32 Å². The first kappa shape index (κ1) is 26.2. The third kappa shape index (κ3) is 10.4. The second-order valence-electron chi connectivity index (χ2n) is 6.43. The largest absolute Gasteiger partial charge is 0.480 e. The van der Waals surface area contributed by atoms with Crippen LogP contribution in [0.15, 0.2) is 0 Å². The molecule has 0 saturated carbocycles. The maximum atomic E-state index is 12.4. The lowest BCUT2D eigenvalue weighted by Crippen LogP contribution is -2.57. The number of carboxylic acids is 1. The predicted molar refractivity (Wildman–Crippen MR) is 101 cm³/mol. The van der Waals surface area contributed by atoms with Crippen molar-refractivity contribution in [2.75, 3.05) is 13.2 Å². The van der Waals surface area contributed by atoms with Gasteiger partial charge < -0.3 is 43.4 Å². The first-order valence-electron chi connectivity index (χ1n) is 9.02. The molecule has 0 aliphatic carbocycles. The zero-order valence-corrected chi connectivity index (χ0v) is 16.2. The lowest BCUT2D eigenvalue weighted by molar-refractivity contribution is -0.143. The maximum Gasteiger partial charge on any atom is 0.328 e. The molecule has 4 unspecified atom stereocenters. The lowest BCUT2D eigenvalue weighted by atomic mass is 10.1. The summed E-state index contributed by atoms with van der Waals surface area (Å²) in [5.74, 6) is -4.77. The van der Waals surface area contributed by atoms with E-state index < -0.39 is 66.8 Å². The van der Waals surface area contributed by atoms with Gasteiger partial charge in [0.15, 0.2) is 0 Å². The van der Waals surface area contributed by atoms with Gasteiger partial charge in [-0.05, 0) is 26.3 Å². The summed E-state index contributed by atoms with van der Waals surface area (Å²) in [5.41, 5.74) is 16.2. The number of aliphatic carboxylic acids is 1. The lowest BCUT2D eigenvalue weighted by Gasteiger charge is -2.22. The summed E-state index contributed by atoms with van der Waals surface area (Å²) in [6.07, 6.45) is 1.06. The molecule has 0 aliphatic heterocycles. The highest BCUT2D eigenvalue weighted by Gasteiger charge is 2.29. The van der Waals surface area contributed by atoms with Gasteiger partial charge in [0, 0.05) is 0 Å². The molecule has 0 aliphatic rings. The minimum atomic E-state index is -1.55. The van der Waals surface area contributed by atoms with Crippen LogP contribution in [0.3, 0.4) is 0 Å². The topological polar surface area (TPSA) is 240 Å². The molecule has 0 rings (SSSR count). The van der Waals surface area contributed by atoms with Gasteiger partial charge in [-0.3, -0.25) is 19.2 Å². The van der Waals surface area contributed by atoms with Crippen LogP contribution >= 0.6 is 0 Å². The quantitative estimate of drug-likeness (QED) is 0.128. The van der Waals surface area contributed by atoms with Gasteiger partial charge >= 0.3 is 5.97 Å². The molecule has 166 valence electrons. The van der Waals surface area contributed by atoms with Crippen molar-refractivity contribution in [1.29, 1.82) is 0 Å². The fourth-order valence-electron chi connectivity index (χ4n) is 2.19. The van der Waals surface area contributed by atoms with Crippen molar-refractivity contribution in [3.8, 4) is 0 Å². The number of nitrogens with one attached hydrogen (secondary N) is 3. The van der Waals surface area contributed by atoms with Crippen molar-refractivity contribution in [1.82, 2.24) is 16.0 Å². The van der Waals surface area contributed by atoms with E-state index in [0.717, 1.165) is 0 Å². The molecule has 0 saturated heterocycles. The van der Waals surface area contributed by atoms with Gasteiger partial charge in [-0.2, -0.15) is 0 Å². The molecule has 13 nitrogen and oxygen atoms in total. The summed E-state index contributed by atoms with van der Waals surface area (Å²) in [7, 11) is 0. The highest BCUT2D eigenvalue weighted by atomic mass is 16.4. The molecule has 0 radical (unpaired) electrons. The number of amides is 4. The monoisotopic (exact) mass is 418 g/mol. The zero-order valence-electron chi connectivity index (χ0n) is 16.2. The van der Waals surface area contributed by atoms with Crippen LogP contribution in [0.4, 0.5) is 0 Å². The molecular formula is C16H30N6O7. The highest BCUT2D eigenvalue weighted by Crippen LogP contribution is 2.01. The molecular weight excluding hydrogens is 388 g/mol. The first-order chi connectivity index (χ1) is 13.5. The molecule has 0 heterocycles. The third-order valence-electron chi connectivity index (χ3n) is 3.89. The van der Waals surface area contributed by atoms with E-state index in [-0.39, 0.29) is 0 Å². The standard InChI is InChI=1S/C16H30N6O7/c1-8(13(25)22-11(7-23)16(28)29)20-15(27)10(6-12(19)24)21-14(26)9(18)4-2-3-5-17/h8-11,23H,2-7,17-18H2,1H3,(H2,19,24)(H,20,27)(H,21,26)(H,22,25)(H,28,29). The Morgan fingerprint density at radius 3 is 2.00 bits per heavy atom. The average Bonchev–Trinajstić information content (AvgIpc) is 2.64. The van der Waals surface area contributed by atoms with Crippen molar-refractivity contribution in [3.05, 3.63) is 0 Å². The summed E-state index contributed by atoms with van der Waals surface area (Å²) < 4.78 is 0. The van der Waals surface area contributed by atoms with Gasteiger partial charge in [0.1, 0.15) is 18.1 Å². The Morgan fingerprint density at radius 2 is 1.52 bits per heavy atom. The van der Waals surface area contributed by atoms with E-state index in [4.69, 9.17) is 27.4 Å². The number of nitrogens with two attached hydrogens (primary N) is 3. The minimum absolute atomic E-state index is 0.324. The third-order valence-corrected chi connectivity index (χ3v) is 3.89. The molecule has 0 fully saturated rings. The smallest absolute Gasteiger partial charge is 0.328 e. The molecule has 4 amide bonds. The number of rotatable bonds is 14. The minimum Gasteiger partial charge on any atom is -0.480 e. The summed E-state index contributed by atoms with van der Waals surface area (Å²) in [5, 5.41) is 24.3. The SMILES string of the molecule is CC(NC(=O)C(CC(N)=O)NC(=O)C(N)CCCCN)C(=O)NC(CO)C(=O)O. The van der Waals surface area contributed by atoms with E-state index in [1.54, 1.807) is 0 Å². The Balaban J connectivity index is 4.93. The zero-order chi connectivity index (χ0) is 22.6. The molecule has 0 aromatic heterocycles. The number of carbonyl (C=O) groups excluding carboxylic acids is 4. The molecule has 0 bridgehead atoms. The molecule has 0 aromatic carbocycles. The van der Waals surface area contributed by atoms with Gasteiger partial charge in [0.2, 0.25) is 23.6 Å². The number of hydrogen-bond acceptors (Lipinski definition) is 8. The normalized spacial score (nSPS) is 14.8. The van der Waals surface area contributed by atoms with Crippen LogP contribution < -0.4 is 33.2 Å². The Labute approximate surface area is 167 Å².